The first-order valence-corrected chi connectivity index (χ1v) is 12.0. The first-order valence-electron chi connectivity index (χ1n) is 12.0. The molecular formula is C26H32F3N3O5. The SMILES string of the molecule is O=C(CCCCCCNC(=O)c1ccc(CNC2CC2c2ccccc2)cc1)NO.O=C(O)C(F)(F)F. The van der Waals surface area contributed by atoms with E-state index in [2.05, 4.69) is 34.9 Å². The topological polar surface area (TPSA) is 128 Å². The standard InChI is InChI=1S/C24H31N3O3.C2HF3O2/c28-23(27-30)10-6-1-2-7-15-25-24(29)20-13-11-18(12-14-20)17-26-22-16-21(22)19-8-4-3-5-9-19;3-2(4,5)1(6)7/h3-5,8-9,11-14,21-22,26,30H,1-2,6-7,10,15-17H2,(H,25,29)(H,27,28);(H,6,7). The minimum atomic E-state index is -5.08. The Labute approximate surface area is 213 Å². The van der Waals surface area contributed by atoms with Crippen LogP contribution in [0.2, 0.25) is 0 Å². The van der Waals surface area contributed by atoms with Crippen molar-refractivity contribution < 1.29 is 37.9 Å². The van der Waals surface area contributed by atoms with Crippen molar-refractivity contribution >= 4 is 17.8 Å². The quantitative estimate of drug-likeness (QED) is 0.162. The lowest BCUT2D eigenvalue weighted by Crippen LogP contribution is -2.24. The summed E-state index contributed by atoms with van der Waals surface area (Å²) in [6.07, 6.45) is -0.121. The molecule has 2 aromatic carbocycles. The summed E-state index contributed by atoms with van der Waals surface area (Å²) in [6.45, 7) is 1.43. The second kappa shape index (κ2) is 15.0. The van der Waals surface area contributed by atoms with Gasteiger partial charge < -0.3 is 15.7 Å². The predicted molar refractivity (Wildman–Crippen MR) is 130 cm³/mol. The van der Waals surface area contributed by atoms with E-state index >= 15 is 0 Å². The molecule has 0 saturated heterocycles. The van der Waals surface area contributed by atoms with Gasteiger partial charge in [0.25, 0.3) is 5.91 Å². The molecule has 0 bridgehead atoms. The third-order valence-electron chi connectivity index (χ3n) is 5.79. The number of halogens is 3. The van der Waals surface area contributed by atoms with Crippen LogP contribution in [0.4, 0.5) is 13.2 Å². The number of alkyl halides is 3. The number of benzene rings is 2. The number of hydroxylamine groups is 1. The van der Waals surface area contributed by atoms with Crippen LogP contribution in [0.15, 0.2) is 54.6 Å². The maximum Gasteiger partial charge on any atom is 0.490 e. The van der Waals surface area contributed by atoms with E-state index in [1.807, 2.05) is 30.3 Å². The van der Waals surface area contributed by atoms with Crippen molar-refractivity contribution in [3.8, 4) is 0 Å². The normalized spacial score (nSPS) is 16.2. The molecule has 2 aromatic rings. The molecule has 2 atom stereocenters. The Bertz CT molecular complexity index is 1000. The molecule has 8 nitrogen and oxygen atoms in total. The first-order chi connectivity index (χ1) is 17.6. The zero-order valence-electron chi connectivity index (χ0n) is 20.3. The van der Waals surface area contributed by atoms with Crippen LogP contribution in [-0.2, 0) is 16.1 Å². The Morgan fingerprint density at radius 3 is 2.14 bits per heavy atom. The van der Waals surface area contributed by atoms with Crippen molar-refractivity contribution in [2.24, 2.45) is 0 Å². The molecule has 11 heteroatoms. The average molecular weight is 524 g/mol. The molecule has 0 aliphatic heterocycles. The van der Waals surface area contributed by atoms with Gasteiger partial charge in [-0.25, -0.2) is 10.3 Å². The van der Waals surface area contributed by atoms with E-state index in [1.165, 1.54) is 17.5 Å². The lowest BCUT2D eigenvalue weighted by Gasteiger charge is -2.08. The Kier molecular flexibility index (Phi) is 12.0. The summed E-state index contributed by atoms with van der Waals surface area (Å²) < 4.78 is 31.7. The van der Waals surface area contributed by atoms with Crippen molar-refractivity contribution in [2.45, 2.75) is 63.2 Å². The molecule has 1 aliphatic rings. The lowest BCUT2D eigenvalue weighted by atomic mass is 10.1. The summed E-state index contributed by atoms with van der Waals surface area (Å²) in [4.78, 5) is 32.0. The van der Waals surface area contributed by atoms with Gasteiger partial charge >= 0.3 is 12.1 Å². The summed E-state index contributed by atoms with van der Waals surface area (Å²) in [5.41, 5.74) is 4.88. The number of amides is 2. The Balaban J connectivity index is 0.000000604. The highest BCUT2D eigenvalue weighted by Gasteiger charge is 2.38. The highest BCUT2D eigenvalue weighted by Crippen LogP contribution is 2.40. The number of hydrogen-bond acceptors (Lipinski definition) is 5. The molecule has 0 aromatic heterocycles. The molecule has 3 rings (SSSR count). The summed E-state index contributed by atoms with van der Waals surface area (Å²) >= 11 is 0. The first kappa shape index (κ1) is 29.8. The molecular weight excluding hydrogens is 491 g/mol. The average Bonchev–Trinajstić information content (AvgIpc) is 3.67. The van der Waals surface area contributed by atoms with E-state index in [0.717, 1.165) is 32.2 Å². The number of carbonyl (C=O) groups excluding carboxylic acids is 2. The maximum atomic E-state index is 12.2. The van der Waals surface area contributed by atoms with Crippen LogP contribution in [-0.4, -0.2) is 46.9 Å². The minimum absolute atomic E-state index is 0.0551. The van der Waals surface area contributed by atoms with E-state index in [4.69, 9.17) is 15.1 Å². The second-order valence-electron chi connectivity index (χ2n) is 8.70. The van der Waals surface area contributed by atoms with Gasteiger partial charge in [0.05, 0.1) is 0 Å². The molecule has 202 valence electrons. The van der Waals surface area contributed by atoms with Gasteiger partial charge in [-0.05, 0) is 42.5 Å². The summed E-state index contributed by atoms with van der Waals surface area (Å²) in [5.74, 6) is -2.55. The summed E-state index contributed by atoms with van der Waals surface area (Å²) in [5, 5.41) is 22.1. The molecule has 0 heterocycles. The highest BCUT2D eigenvalue weighted by molar-refractivity contribution is 5.94. The highest BCUT2D eigenvalue weighted by atomic mass is 19.4. The fourth-order valence-electron chi connectivity index (χ4n) is 3.64. The number of carbonyl (C=O) groups is 3. The van der Waals surface area contributed by atoms with Gasteiger partial charge in [-0.15, -0.1) is 0 Å². The third-order valence-corrected chi connectivity index (χ3v) is 5.79. The number of unbranched alkanes of at least 4 members (excludes halogenated alkanes) is 3. The molecule has 2 unspecified atom stereocenters. The molecule has 5 N–H and O–H groups in total. The van der Waals surface area contributed by atoms with Crippen molar-refractivity contribution in [3.63, 3.8) is 0 Å². The maximum absolute atomic E-state index is 12.2. The van der Waals surface area contributed by atoms with Gasteiger partial charge in [-0.1, -0.05) is 55.3 Å². The summed E-state index contributed by atoms with van der Waals surface area (Å²) in [6, 6.07) is 18.9. The number of carboxylic acid groups (broad SMARTS) is 1. The molecule has 0 spiro atoms. The van der Waals surface area contributed by atoms with Crippen LogP contribution < -0.4 is 16.1 Å². The van der Waals surface area contributed by atoms with Crippen molar-refractivity contribution in [3.05, 3.63) is 71.3 Å². The number of nitrogens with one attached hydrogen (secondary N) is 3. The van der Waals surface area contributed by atoms with Crippen LogP contribution in [0.3, 0.4) is 0 Å². The Morgan fingerprint density at radius 2 is 1.54 bits per heavy atom. The van der Waals surface area contributed by atoms with Crippen LogP contribution >= 0.6 is 0 Å². The Morgan fingerprint density at radius 1 is 0.919 bits per heavy atom. The number of hydrogen-bond donors (Lipinski definition) is 5. The largest absolute Gasteiger partial charge is 0.490 e. The minimum Gasteiger partial charge on any atom is -0.475 e. The van der Waals surface area contributed by atoms with E-state index in [1.54, 1.807) is 5.48 Å². The summed E-state index contributed by atoms with van der Waals surface area (Å²) in [7, 11) is 0. The smallest absolute Gasteiger partial charge is 0.475 e. The van der Waals surface area contributed by atoms with Crippen molar-refractivity contribution in [1.29, 1.82) is 0 Å². The lowest BCUT2D eigenvalue weighted by molar-refractivity contribution is -0.192. The van der Waals surface area contributed by atoms with E-state index < -0.39 is 12.1 Å². The third kappa shape index (κ3) is 11.4. The van der Waals surface area contributed by atoms with Crippen LogP contribution in [0, 0.1) is 0 Å². The van der Waals surface area contributed by atoms with Crippen LogP contribution in [0.25, 0.3) is 0 Å². The fourth-order valence-corrected chi connectivity index (χ4v) is 3.64. The number of aliphatic carboxylic acids is 1. The van der Waals surface area contributed by atoms with E-state index in [9.17, 15) is 22.8 Å². The van der Waals surface area contributed by atoms with E-state index in [-0.39, 0.29) is 11.8 Å². The molecule has 2 amide bonds. The monoisotopic (exact) mass is 523 g/mol. The molecule has 0 radical (unpaired) electrons. The van der Waals surface area contributed by atoms with Gasteiger partial charge in [-0.2, -0.15) is 13.2 Å². The van der Waals surface area contributed by atoms with Gasteiger partial charge in [0.1, 0.15) is 0 Å². The fraction of sp³-hybridized carbons (Fsp3) is 0.423. The van der Waals surface area contributed by atoms with Gasteiger partial charge in [-0.3, -0.25) is 14.8 Å². The predicted octanol–water partition coefficient (Wildman–Crippen LogP) is 4.15. The zero-order valence-corrected chi connectivity index (χ0v) is 20.3. The molecule has 37 heavy (non-hydrogen) atoms. The Hall–Kier alpha value is -3.44. The van der Waals surface area contributed by atoms with Gasteiger partial charge in [0, 0.05) is 37.0 Å². The van der Waals surface area contributed by atoms with Crippen molar-refractivity contribution in [1.82, 2.24) is 16.1 Å². The molecule has 1 aliphatic carbocycles. The van der Waals surface area contributed by atoms with Crippen LogP contribution in [0.5, 0.6) is 0 Å². The second-order valence-corrected chi connectivity index (χ2v) is 8.70. The number of rotatable bonds is 12. The van der Waals surface area contributed by atoms with E-state index in [0.29, 0.717) is 30.5 Å². The number of carboxylic acids is 1. The van der Waals surface area contributed by atoms with Gasteiger partial charge in [0.2, 0.25) is 5.91 Å². The molecule has 1 saturated carbocycles. The zero-order chi connectivity index (χ0) is 27.3. The van der Waals surface area contributed by atoms with Crippen molar-refractivity contribution in [2.75, 3.05) is 6.54 Å². The van der Waals surface area contributed by atoms with Gasteiger partial charge in [0.15, 0.2) is 0 Å². The van der Waals surface area contributed by atoms with Crippen LogP contribution in [0.1, 0.15) is 65.9 Å². The molecule has 1 fully saturated rings.